The highest BCUT2D eigenvalue weighted by Crippen LogP contribution is 2.21. The molecule has 5 heteroatoms. The third kappa shape index (κ3) is 5.08. The molecule has 1 aromatic heterocycles. The molecule has 0 saturated heterocycles. The second-order valence-corrected chi connectivity index (χ2v) is 6.58. The third-order valence-corrected chi connectivity index (χ3v) is 4.31. The summed E-state index contributed by atoms with van der Waals surface area (Å²) in [5, 5.41) is 16.5. The Morgan fingerprint density at radius 3 is 2.70 bits per heavy atom. The number of aliphatic hydroxyl groups excluding tert-OH is 1. The minimum absolute atomic E-state index is 0.176. The Bertz CT molecular complexity index is 625. The largest absolute Gasteiger partial charge is 0.481 e. The molecule has 2 atom stereocenters. The summed E-state index contributed by atoms with van der Waals surface area (Å²) in [7, 11) is 0. The zero-order chi connectivity index (χ0) is 16.8. The number of aliphatic hydroxyl groups is 1. The minimum atomic E-state index is -0.693. The van der Waals surface area contributed by atoms with Crippen LogP contribution in [0.25, 0.3) is 0 Å². The van der Waals surface area contributed by atoms with Crippen LogP contribution in [0.3, 0.4) is 0 Å². The zero-order valence-electron chi connectivity index (χ0n) is 13.7. The maximum atomic E-state index is 12.1. The van der Waals surface area contributed by atoms with Gasteiger partial charge in [-0.2, -0.15) is 11.3 Å². The van der Waals surface area contributed by atoms with E-state index in [9.17, 15) is 9.90 Å². The number of hydrogen-bond donors (Lipinski definition) is 2. The lowest BCUT2D eigenvalue weighted by Crippen LogP contribution is -2.38. The first-order valence-electron chi connectivity index (χ1n) is 7.72. The maximum Gasteiger partial charge on any atom is 0.260 e. The smallest absolute Gasteiger partial charge is 0.260 e. The molecule has 0 bridgehead atoms. The first-order chi connectivity index (χ1) is 11.0. The normalized spacial score (nSPS) is 13.6. The van der Waals surface area contributed by atoms with Crippen molar-refractivity contribution < 1.29 is 14.6 Å². The van der Waals surface area contributed by atoms with Crippen LogP contribution < -0.4 is 10.1 Å². The number of ether oxygens (including phenoxy) is 1. The van der Waals surface area contributed by atoms with E-state index < -0.39 is 12.2 Å². The first kappa shape index (κ1) is 17.5. The van der Waals surface area contributed by atoms with E-state index in [1.807, 2.05) is 41.1 Å². The van der Waals surface area contributed by atoms with Crippen molar-refractivity contribution in [1.82, 2.24) is 5.32 Å². The van der Waals surface area contributed by atoms with Crippen LogP contribution in [0.4, 0.5) is 0 Å². The highest BCUT2D eigenvalue weighted by molar-refractivity contribution is 7.07. The van der Waals surface area contributed by atoms with E-state index in [0.29, 0.717) is 11.7 Å². The number of benzene rings is 1. The highest BCUT2D eigenvalue weighted by atomic mass is 32.1. The van der Waals surface area contributed by atoms with Crippen LogP contribution in [0.1, 0.15) is 43.9 Å². The van der Waals surface area contributed by atoms with Crippen molar-refractivity contribution in [3.8, 4) is 5.75 Å². The number of carbonyl (C=O) groups is 1. The number of carbonyl (C=O) groups excluding carboxylic acids is 1. The highest BCUT2D eigenvalue weighted by Gasteiger charge is 2.17. The van der Waals surface area contributed by atoms with E-state index in [2.05, 4.69) is 19.2 Å². The van der Waals surface area contributed by atoms with Crippen molar-refractivity contribution >= 4 is 17.2 Å². The van der Waals surface area contributed by atoms with Gasteiger partial charge in [-0.25, -0.2) is 0 Å². The van der Waals surface area contributed by atoms with Gasteiger partial charge < -0.3 is 15.2 Å². The first-order valence-corrected chi connectivity index (χ1v) is 8.66. The summed E-state index contributed by atoms with van der Waals surface area (Å²) in [6.07, 6.45) is -1.31. The van der Waals surface area contributed by atoms with Gasteiger partial charge in [0, 0.05) is 6.54 Å². The molecule has 124 valence electrons. The molecule has 2 rings (SSSR count). The van der Waals surface area contributed by atoms with Gasteiger partial charge in [-0.05, 0) is 52.9 Å². The van der Waals surface area contributed by atoms with Gasteiger partial charge in [0.15, 0.2) is 6.10 Å². The summed E-state index contributed by atoms with van der Waals surface area (Å²) in [6.45, 7) is 6.10. The lowest BCUT2D eigenvalue weighted by molar-refractivity contribution is -0.127. The van der Waals surface area contributed by atoms with Gasteiger partial charge in [0.05, 0.1) is 6.10 Å². The van der Waals surface area contributed by atoms with E-state index in [1.54, 1.807) is 6.92 Å². The van der Waals surface area contributed by atoms with Gasteiger partial charge in [-0.15, -0.1) is 0 Å². The van der Waals surface area contributed by atoms with Gasteiger partial charge in [-0.1, -0.05) is 26.0 Å². The molecule has 2 aromatic rings. The van der Waals surface area contributed by atoms with Gasteiger partial charge in [-0.3, -0.25) is 4.79 Å². The Hall–Kier alpha value is -1.85. The Labute approximate surface area is 141 Å². The molecule has 1 aromatic carbocycles. The van der Waals surface area contributed by atoms with Gasteiger partial charge in [0.25, 0.3) is 5.91 Å². The molecule has 0 aliphatic carbocycles. The lowest BCUT2D eigenvalue weighted by atomic mass is 10.0. The molecular weight excluding hydrogens is 310 g/mol. The van der Waals surface area contributed by atoms with E-state index in [0.717, 1.165) is 5.56 Å². The monoisotopic (exact) mass is 333 g/mol. The molecule has 23 heavy (non-hydrogen) atoms. The second-order valence-electron chi connectivity index (χ2n) is 5.80. The number of hydrogen-bond acceptors (Lipinski definition) is 4. The maximum absolute atomic E-state index is 12.1. The summed E-state index contributed by atoms with van der Waals surface area (Å²) in [6, 6.07) is 9.61. The topological polar surface area (TPSA) is 58.6 Å². The van der Waals surface area contributed by atoms with Crippen molar-refractivity contribution in [3.63, 3.8) is 0 Å². The summed E-state index contributed by atoms with van der Waals surface area (Å²) in [5.74, 6) is 0.843. The second kappa shape index (κ2) is 8.13. The fraction of sp³-hybridized carbons (Fsp3) is 0.389. The molecule has 4 nitrogen and oxygen atoms in total. The number of thiophene rings is 1. The van der Waals surface area contributed by atoms with Gasteiger partial charge in [0.2, 0.25) is 0 Å². The van der Waals surface area contributed by atoms with Crippen LogP contribution in [0.15, 0.2) is 41.1 Å². The average Bonchev–Trinajstić information content (AvgIpc) is 3.07. The van der Waals surface area contributed by atoms with Crippen LogP contribution in [0.5, 0.6) is 5.75 Å². The Kier molecular flexibility index (Phi) is 6.19. The Morgan fingerprint density at radius 1 is 1.26 bits per heavy atom. The molecular formula is C18H23NO3S. The summed E-state index contributed by atoms with van der Waals surface area (Å²) < 4.78 is 5.70. The van der Waals surface area contributed by atoms with Gasteiger partial charge in [0.1, 0.15) is 5.75 Å². The van der Waals surface area contributed by atoms with E-state index in [4.69, 9.17) is 4.74 Å². The van der Waals surface area contributed by atoms with Crippen molar-refractivity contribution in [3.05, 3.63) is 52.2 Å². The number of nitrogens with one attached hydrogen (secondary N) is 1. The summed E-state index contributed by atoms with van der Waals surface area (Å²) in [4.78, 5) is 12.1. The Balaban J connectivity index is 1.86. The molecule has 2 N–H and O–H groups in total. The van der Waals surface area contributed by atoms with Crippen LogP contribution >= 0.6 is 11.3 Å². The molecule has 1 heterocycles. The average molecular weight is 333 g/mol. The molecule has 0 saturated carbocycles. The van der Waals surface area contributed by atoms with Crippen molar-refractivity contribution in [2.24, 2.45) is 0 Å². The van der Waals surface area contributed by atoms with Crippen molar-refractivity contribution in [1.29, 1.82) is 0 Å². The van der Waals surface area contributed by atoms with Crippen LogP contribution in [0.2, 0.25) is 0 Å². The molecule has 0 spiro atoms. The number of amides is 1. The molecule has 0 fully saturated rings. The lowest BCUT2D eigenvalue weighted by Gasteiger charge is -2.17. The van der Waals surface area contributed by atoms with Crippen LogP contribution in [-0.4, -0.2) is 23.7 Å². The van der Waals surface area contributed by atoms with E-state index in [-0.39, 0.29) is 12.5 Å². The zero-order valence-corrected chi connectivity index (χ0v) is 14.5. The van der Waals surface area contributed by atoms with Crippen molar-refractivity contribution in [2.75, 3.05) is 6.54 Å². The van der Waals surface area contributed by atoms with Crippen LogP contribution in [-0.2, 0) is 4.79 Å². The fourth-order valence-electron chi connectivity index (χ4n) is 2.13. The van der Waals surface area contributed by atoms with Gasteiger partial charge >= 0.3 is 0 Å². The molecule has 0 radical (unpaired) electrons. The number of rotatable bonds is 7. The summed E-state index contributed by atoms with van der Waals surface area (Å²) >= 11 is 1.52. The predicted octanol–water partition coefficient (Wildman–Crippen LogP) is 3.49. The molecule has 0 aliphatic heterocycles. The predicted molar refractivity (Wildman–Crippen MR) is 92.9 cm³/mol. The standard InChI is InChI=1S/C18H23NO3S/c1-12(2)14-5-4-6-16(9-14)22-13(3)18(21)19-10-17(20)15-7-8-23-11-15/h4-9,11-13,17,20H,10H2,1-3H3,(H,19,21). The summed E-state index contributed by atoms with van der Waals surface area (Å²) in [5.41, 5.74) is 1.98. The quantitative estimate of drug-likeness (QED) is 0.815. The minimum Gasteiger partial charge on any atom is -0.481 e. The molecule has 2 unspecified atom stereocenters. The fourth-order valence-corrected chi connectivity index (χ4v) is 2.84. The van der Waals surface area contributed by atoms with Crippen LogP contribution in [0, 0.1) is 0 Å². The SMILES string of the molecule is CC(Oc1cccc(C(C)C)c1)C(=O)NCC(O)c1ccsc1. The van der Waals surface area contributed by atoms with E-state index >= 15 is 0 Å². The molecule has 1 amide bonds. The van der Waals surface area contributed by atoms with Crippen molar-refractivity contribution in [2.45, 2.75) is 38.9 Å². The third-order valence-electron chi connectivity index (χ3n) is 3.60. The molecule has 0 aliphatic rings. The Morgan fingerprint density at radius 2 is 2.04 bits per heavy atom. The van der Waals surface area contributed by atoms with E-state index in [1.165, 1.54) is 16.9 Å².